The third-order valence-electron chi connectivity index (χ3n) is 4.96. The Kier molecular flexibility index (Phi) is 9.31. The van der Waals surface area contributed by atoms with Gasteiger partial charge in [0.2, 0.25) is 5.91 Å². The van der Waals surface area contributed by atoms with Crippen LogP contribution in [0, 0.1) is 0 Å². The lowest BCUT2D eigenvalue weighted by Gasteiger charge is -2.24. The molecule has 2 N–H and O–H groups in total. The molecule has 1 saturated heterocycles. The Morgan fingerprint density at radius 3 is 2.47 bits per heavy atom. The smallest absolute Gasteiger partial charge is 0.410 e. The van der Waals surface area contributed by atoms with Crippen molar-refractivity contribution >= 4 is 18.0 Å². The largest absolute Gasteiger partial charge is 0.444 e. The molecule has 1 aliphatic rings. The van der Waals surface area contributed by atoms with Crippen LogP contribution in [0.2, 0.25) is 0 Å². The lowest BCUT2D eigenvalue weighted by atomic mass is 10.1. The number of aliphatic imine (C=N–C) groups is 1. The van der Waals surface area contributed by atoms with Gasteiger partial charge in [0.1, 0.15) is 12.1 Å². The van der Waals surface area contributed by atoms with E-state index in [4.69, 9.17) is 9.47 Å². The van der Waals surface area contributed by atoms with E-state index < -0.39 is 5.60 Å². The number of amides is 2. The SMILES string of the molecule is CO[C@H]1CN(C(=O)OC(C)(C)C)CC1NC(=NCC(=O)N(C)C)NCCc1ccccc1. The maximum absolute atomic E-state index is 12.5. The van der Waals surface area contributed by atoms with Crippen LogP contribution in [0.3, 0.4) is 0 Å². The zero-order valence-corrected chi connectivity index (χ0v) is 20.1. The molecule has 1 aromatic rings. The van der Waals surface area contributed by atoms with Gasteiger partial charge in [0.05, 0.1) is 18.7 Å². The van der Waals surface area contributed by atoms with Crippen molar-refractivity contribution in [2.45, 2.75) is 44.9 Å². The van der Waals surface area contributed by atoms with E-state index in [1.54, 1.807) is 26.1 Å². The average Bonchev–Trinajstić information content (AvgIpc) is 3.14. The molecule has 0 aromatic heterocycles. The number of nitrogens with zero attached hydrogens (tertiary/aromatic N) is 3. The molecule has 9 nitrogen and oxygen atoms in total. The number of carbonyl (C=O) groups is 2. The quantitative estimate of drug-likeness (QED) is 0.486. The van der Waals surface area contributed by atoms with Crippen molar-refractivity contribution < 1.29 is 19.1 Å². The van der Waals surface area contributed by atoms with Crippen LogP contribution in [0.1, 0.15) is 26.3 Å². The fourth-order valence-corrected chi connectivity index (χ4v) is 3.21. The first-order valence-corrected chi connectivity index (χ1v) is 10.9. The van der Waals surface area contributed by atoms with Crippen molar-refractivity contribution in [3.63, 3.8) is 0 Å². The van der Waals surface area contributed by atoms with Gasteiger partial charge in [0.25, 0.3) is 0 Å². The summed E-state index contributed by atoms with van der Waals surface area (Å²) in [4.78, 5) is 32.1. The van der Waals surface area contributed by atoms with E-state index in [1.807, 2.05) is 39.0 Å². The predicted octanol–water partition coefficient (Wildman–Crippen LogP) is 1.49. The van der Waals surface area contributed by atoms with Crippen molar-refractivity contribution in [2.75, 3.05) is 47.4 Å². The van der Waals surface area contributed by atoms with Crippen LogP contribution in [-0.2, 0) is 20.7 Å². The number of rotatable bonds is 7. The Labute approximate surface area is 191 Å². The first kappa shape index (κ1) is 25.5. The topological polar surface area (TPSA) is 95.5 Å². The van der Waals surface area contributed by atoms with Gasteiger partial charge in [-0.25, -0.2) is 9.79 Å². The Bertz CT molecular complexity index is 776. The van der Waals surface area contributed by atoms with Crippen LogP contribution in [-0.4, -0.2) is 92.9 Å². The number of nitrogens with one attached hydrogen (secondary N) is 2. The third-order valence-corrected chi connectivity index (χ3v) is 4.96. The number of ether oxygens (including phenoxy) is 2. The Balaban J connectivity index is 2.04. The van der Waals surface area contributed by atoms with Gasteiger partial charge < -0.3 is 29.9 Å². The highest BCUT2D eigenvalue weighted by atomic mass is 16.6. The van der Waals surface area contributed by atoms with Gasteiger partial charge in [-0.1, -0.05) is 30.3 Å². The van der Waals surface area contributed by atoms with E-state index in [1.165, 1.54) is 10.5 Å². The lowest BCUT2D eigenvalue weighted by Crippen LogP contribution is -2.50. The van der Waals surface area contributed by atoms with Gasteiger partial charge in [-0.3, -0.25) is 4.79 Å². The van der Waals surface area contributed by atoms with E-state index in [2.05, 4.69) is 27.8 Å². The van der Waals surface area contributed by atoms with Gasteiger partial charge in [-0.2, -0.15) is 0 Å². The third kappa shape index (κ3) is 8.37. The number of methoxy groups -OCH3 is 1. The first-order chi connectivity index (χ1) is 15.1. The van der Waals surface area contributed by atoms with E-state index in [0.29, 0.717) is 25.6 Å². The second-order valence-electron chi connectivity index (χ2n) is 9.03. The molecule has 1 heterocycles. The minimum atomic E-state index is -0.566. The number of carbonyl (C=O) groups excluding carboxylic acids is 2. The molecule has 9 heteroatoms. The number of hydrogen-bond donors (Lipinski definition) is 2. The van der Waals surface area contributed by atoms with Gasteiger partial charge in [-0.05, 0) is 32.8 Å². The summed E-state index contributed by atoms with van der Waals surface area (Å²) in [6.07, 6.45) is 0.210. The summed E-state index contributed by atoms with van der Waals surface area (Å²) in [6, 6.07) is 9.94. The summed E-state index contributed by atoms with van der Waals surface area (Å²) in [5, 5.41) is 6.63. The Hall–Kier alpha value is -2.81. The number of likely N-dealkylation sites (N-methyl/N-ethyl adjacent to an activating group) is 1. The molecule has 32 heavy (non-hydrogen) atoms. The highest BCUT2D eigenvalue weighted by molar-refractivity contribution is 5.85. The number of benzene rings is 1. The fourth-order valence-electron chi connectivity index (χ4n) is 3.21. The minimum absolute atomic E-state index is 0.0216. The van der Waals surface area contributed by atoms with Crippen molar-refractivity contribution in [3.05, 3.63) is 35.9 Å². The molecule has 0 saturated carbocycles. The fraction of sp³-hybridized carbons (Fsp3) is 0.609. The lowest BCUT2D eigenvalue weighted by molar-refractivity contribution is -0.127. The molecule has 0 bridgehead atoms. The standard InChI is InChI=1S/C23H37N5O4/c1-23(2,3)32-22(30)28-15-18(19(16-28)31-6)26-21(25-14-20(29)27(4)5)24-13-12-17-10-8-7-9-11-17/h7-11,18-19H,12-16H2,1-6H3,(H2,24,25,26)/t18?,19-/m0/s1. The van der Waals surface area contributed by atoms with Crippen molar-refractivity contribution in [1.29, 1.82) is 0 Å². The molecule has 2 atom stereocenters. The number of guanidine groups is 1. The van der Waals surface area contributed by atoms with E-state index >= 15 is 0 Å². The summed E-state index contributed by atoms with van der Waals surface area (Å²) < 4.78 is 11.1. The molecule has 1 unspecified atom stereocenters. The molecule has 2 rings (SSSR count). The zero-order valence-electron chi connectivity index (χ0n) is 20.1. The Morgan fingerprint density at radius 1 is 1.19 bits per heavy atom. The van der Waals surface area contributed by atoms with Crippen LogP contribution in [0.5, 0.6) is 0 Å². The van der Waals surface area contributed by atoms with Crippen LogP contribution >= 0.6 is 0 Å². The molecule has 0 spiro atoms. The van der Waals surface area contributed by atoms with Gasteiger partial charge >= 0.3 is 6.09 Å². The first-order valence-electron chi connectivity index (χ1n) is 10.9. The molecule has 178 valence electrons. The highest BCUT2D eigenvalue weighted by Crippen LogP contribution is 2.17. The van der Waals surface area contributed by atoms with Crippen LogP contribution in [0.25, 0.3) is 0 Å². The number of likely N-dealkylation sites (tertiary alicyclic amines) is 1. The van der Waals surface area contributed by atoms with Crippen LogP contribution in [0.4, 0.5) is 4.79 Å². The van der Waals surface area contributed by atoms with Crippen molar-refractivity contribution in [1.82, 2.24) is 20.4 Å². The van der Waals surface area contributed by atoms with Gasteiger partial charge in [0, 0.05) is 34.3 Å². The molecule has 1 fully saturated rings. The highest BCUT2D eigenvalue weighted by Gasteiger charge is 2.37. The summed E-state index contributed by atoms with van der Waals surface area (Å²) in [5.41, 5.74) is 0.638. The van der Waals surface area contributed by atoms with E-state index in [9.17, 15) is 9.59 Å². The summed E-state index contributed by atoms with van der Waals surface area (Å²) in [6.45, 7) is 7.01. The maximum Gasteiger partial charge on any atom is 0.410 e. The molecule has 1 aromatic carbocycles. The molecular formula is C23H37N5O4. The monoisotopic (exact) mass is 447 g/mol. The molecule has 0 aliphatic carbocycles. The maximum atomic E-state index is 12.5. The van der Waals surface area contributed by atoms with Crippen LogP contribution < -0.4 is 10.6 Å². The van der Waals surface area contributed by atoms with E-state index in [-0.39, 0.29) is 30.7 Å². The van der Waals surface area contributed by atoms with Crippen LogP contribution in [0.15, 0.2) is 35.3 Å². The second-order valence-corrected chi connectivity index (χ2v) is 9.03. The zero-order chi connectivity index (χ0) is 23.7. The normalized spacial score (nSPS) is 18.9. The molecular weight excluding hydrogens is 410 g/mol. The Morgan fingerprint density at radius 2 is 1.88 bits per heavy atom. The summed E-state index contributed by atoms with van der Waals surface area (Å²) >= 11 is 0. The molecule has 1 aliphatic heterocycles. The average molecular weight is 448 g/mol. The number of hydrogen-bond acceptors (Lipinski definition) is 5. The van der Waals surface area contributed by atoms with Gasteiger partial charge in [-0.15, -0.1) is 0 Å². The van der Waals surface area contributed by atoms with Crippen molar-refractivity contribution in [2.24, 2.45) is 4.99 Å². The molecule has 0 radical (unpaired) electrons. The molecule has 2 amide bonds. The minimum Gasteiger partial charge on any atom is -0.444 e. The van der Waals surface area contributed by atoms with E-state index in [0.717, 1.165) is 6.42 Å². The second kappa shape index (κ2) is 11.7. The van der Waals surface area contributed by atoms with Gasteiger partial charge in [0.15, 0.2) is 5.96 Å². The van der Waals surface area contributed by atoms with Crippen molar-refractivity contribution in [3.8, 4) is 0 Å². The summed E-state index contributed by atoms with van der Waals surface area (Å²) in [7, 11) is 5.02. The summed E-state index contributed by atoms with van der Waals surface area (Å²) in [5.74, 6) is 0.411. The predicted molar refractivity (Wildman–Crippen MR) is 125 cm³/mol.